The molecule has 0 saturated carbocycles. The third-order valence-electron chi connectivity index (χ3n) is 3.45. The average molecular weight is 335 g/mol. The van der Waals surface area contributed by atoms with E-state index >= 15 is 0 Å². The van der Waals surface area contributed by atoms with Gasteiger partial charge in [-0.05, 0) is 30.9 Å². The van der Waals surface area contributed by atoms with Gasteiger partial charge >= 0.3 is 12.1 Å². The van der Waals surface area contributed by atoms with Crippen molar-refractivity contribution in [3.05, 3.63) is 35.4 Å². The Balaban J connectivity index is 2.90. The summed E-state index contributed by atoms with van der Waals surface area (Å²) in [6, 6.07) is 7.25. The van der Waals surface area contributed by atoms with Crippen molar-refractivity contribution in [3.8, 4) is 0 Å². The van der Waals surface area contributed by atoms with Gasteiger partial charge in [0.2, 0.25) is 0 Å². The first-order valence-electron chi connectivity index (χ1n) is 8.66. The van der Waals surface area contributed by atoms with E-state index in [0.29, 0.717) is 31.9 Å². The Hall–Kier alpha value is -2.04. The molecule has 1 amide bonds. The van der Waals surface area contributed by atoms with Crippen LogP contribution in [0, 0.1) is 5.92 Å². The summed E-state index contributed by atoms with van der Waals surface area (Å²) < 4.78 is 10.5. The second-order valence-electron chi connectivity index (χ2n) is 6.12. The molecular formula is C19H29NO4. The second kappa shape index (κ2) is 10.7. The van der Waals surface area contributed by atoms with Gasteiger partial charge in [-0.25, -0.2) is 9.59 Å². The highest BCUT2D eigenvalue weighted by molar-refractivity contribution is 5.91. The third kappa shape index (κ3) is 6.60. The lowest BCUT2D eigenvalue weighted by atomic mass is 10.1. The number of carbonyl (C=O) groups excluding carboxylic acids is 2. The summed E-state index contributed by atoms with van der Waals surface area (Å²) in [4.78, 5) is 26.1. The number of hydrogen-bond donors (Lipinski definition) is 0. The van der Waals surface area contributed by atoms with E-state index in [4.69, 9.17) is 9.47 Å². The van der Waals surface area contributed by atoms with E-state index in [1.807, 2.05) is 26.0 Å². The van der Waals surface area contributed by atoms with Gasteiger partial charge in [0.25, 0.3) is 0 Å². The highest BCUT2D eigenvalue weighted by atomic mass is 16.6. The van der Waals surface area contributed by atoms with Crippen LogP contribution in [-0.2, 0) is 16.0 Å². The Morgan fingerprint density at radius 1 is 1.12 bits per heavy atom. The lowest BCUT2D eigenvalue weighted by molar-refractivity contribution is 0.0455. The summed E-state index contributed by atoms with van der Waals surface area (Å²) >= 11 is 0. The van der Waals surface area contributed by atoms with Crippen LogP contribution in [-0.4, -0.2) is 36.7 Å². The minimum absolute atomic E-state index is 0.279. The number of hydrogen-bond acceptors (Lipinski definition) is 4. The standard InChI is InChI=1S/C19H29NO4/c1-5-7-12-20(19(22)23-6-2)13-16-10-8-9-11-17(16)18(21)24-14-15(3)4/h8-11,15H,5-7,12-14H2,1-4H3. The minimum atomic E-state index is -0.351. The predicted molar refractivity (Wildman–Crippen MR) is 93.9 cm³/mol. The van der Waals surface area contributed by atoms with Gasteiger partial charge in [-0.15, -0.1) is 0 Å². The Kier molecular flexibility index (Phi) is 8.90. The lowest BCUT2D eigenvalue weighted by Gasteiger charge is -2.23. The fraction of sp³-hybridized carbons (Fsp3) is 0.579. The van der Waals surface area contributed by atoms with Gasteiger partial charge in [0.15, 0.2) is 0 Å². The summed E-state index contributed by atoms with van der Waals surface area (Å²) in [6.07, 6.45) is 1.52. The largest absolute Gasteiger partial charge is 0.462 e. The van der Waals surface area contributed by atoms with Crippen LogP contribution in [0.25, 0.3) is 0 Å². The Labute approximate surface area is 144 Å². The molecule has 0 N–H and O–H groups in total. The van der Waals surface area contributed by atoms with Crippen molar-refractivity contribution in [2.75, 3.05) is 19.8 Å². The van der Waals surface area contributed by atoms with E-state index in [1.54, 1.807) is 24.0 Å². The van der Waals surface area contributed by atoms with Crippen LogP contribution < -0.4 is 0 Å². The van der Waals surface area contributed by atoms with Crippen molar-refractivity contribution < 1.29 is 19.1 Å². The van der Waals surface area contributed by atoms with Crippen LogP contribution in [0.5, 0.6) is 0 Å². The molecule has 5 heteroatoms. The smallest absolute Gasteiger partial charge is 0.410 e. The maximum absolute atomic E-state index is 12.3. The zero-order valence-corrected chi connectivity index (χ0v) is 15.2. The minimum Gasteiger partial charge on any atom is -0.462 e. The molecule has 0 radical (unpaired) electrons. The monoisotopic (exact) mass is 335 g/mol. The Morgan fingerprint density at radius 2 is 1.83 bits per heavy atom. The molecule has 0 fully saturated rings. The number of carbonyl (C=O) groups is 2. The van der Waals surface area contributed by atoms with Crippen LogP contribution >= 0.6 is 0 Å². The lowest BCUT2D eigenvalue weighted by Crippen LogP contribution is -2.32. The third-order valence-corrected chi connectivity index (χ3v) is 3.45. The molecule has 134 valence electrons. The van der Waals surface area contributed by atoms with E-state index < -0.39 is 0 Å². The molecule has 0 heterocycles. The number of ether oxygens (including phenoxy) is 2. The number of rotatable bonds is 9. The van der Waals surface area contributed by atoms with Gasteiger partial charge in [-0.3, -0.25) is 0 Å². The molecule has 0 saturated heterocycles. The van der Waals surface area contributed by atoms with Gasteiger partial charge in [-0.1, -0.05) is 45.4 Å². The van der Waals surface area contributed by atoms with Crippen LogP contribution in [0.3, 0.4) is 0 Å². The van der Waals surface area contributed by atoms with Gasteiger partial charge in [0.05, 0.1) is 18.8 Å². The molecule has 1 rings (SSSR count). The van der Waals surface area contributed by atoms with Crippen LogP contribution in [0.15, 0.2) is 24.3 Å². The number of nitrogens with zero attached hydrogens (tertiary/aromatic N) is 1. The maximum Gasteiger partial charge on any atom is 0.410 e. The average Bonchev–Trinajstić information content (AvgIpc) is 2.56. The molecule has 0 aliphatic carbocycles. The van der Waals surface area contributed by atoms with Crippen molar-refractivity contribution in [1.29, 1.82) is 0 Å². The molecule has 0 aliphatic heterocycles. The fourth-order valence-electron chi connectivity index (χ4n) is 2.18. The molecule has 0 aromatic heterocycles. The molecule has 1 aromatic rings. The quantitative estimate of drug-likeness (QED) is 0.633. The van der Waals surface area contributed by atoms with Crippen molar-refractivity contribution >= 4 is 12.1 Å². The van der Waals surface area contributed by atoms with Crippen molar-refractivity contribution in [1.82, 2.24) is 4.90 Å². The maximum atomic E-state index is 12.3. The van der Waals surface area contributed by atoms with E-state index in [1.165, 1.54) is 0 Å². The zero-order valence-electron chi connectivity index (χ0n) is 15.2. The fourth-order valence-corrected chi connectivity index (χ4v) is 2.18. The highest BCUT2D eigenvalue weighted by Crippen LogP contribution is 2.15. The van der Waals surface area contributed by atoms with Crippen molar-refractivity contribution in [2.45, 2.75) is 47.1 Å². The number of unbranched alkanes of at least 4 members (excludes halogenated alkanes) is 1. The molecule has 0 spiro atoms. The Morgan fingerprint density at radius 3 is 2.46 bits per heavy atom. The van der Waals surface area contributed by atoms with Crippen molar-refractivity contribution in [3.63, 3.8) is 0 Å². The molecule has 0 aliphatic rings. The molecule has 24 heavy (non-hydrogen) atoms. The predicted octanol–water partition coefficient (Wildman–Crippen LogP) is 4.26. The first kappa shape index (κ1) is 20.0. The molecule has 0 atom stereocenters. The van der Waals surface area contributed by atoms with Gasteiger partial charge in [0.1, 0.15) is 0 Å². The summed E-state index contributed by atoms with van der Waals surface area (Å²) in [6.45, 7) is 9.49. The van der Waals surface area contributed by atoms with E-state index in [2.05, 4.69) is 6.92 Å². The zero-order chi connectivity index (χ0) is 17.9. The highest BCUT2D eigenvalue weighted by Gasteiger charge is 2.19. The summed E-state index contributed by atoms with van der Waals surface area (Å²) in [5.74, 6) is -0.0692. The first-order chi connectivity index (χ1) is 11.5. The Bertz CT molecular complexity index is 528. The summed E-state index contributed by atoms with van der Waals surface area (Å²) in [5.41, 5.74) is 1.28. The van der Waals surface area contributed by atoms with Gasteiger partial charge in [0, 0.05) is 13.1 Å². The van der Waals surface area contributed by atoms with Gasteiger partial charge < -0.3 is 14.4 Å². The number of esters is 1. The number of benzene rings is 1. The molecule has 0 unspecified atom stereocenters. The van der Waals surface area contributed by atoms with Crippen molar-refractivity contribution in [2.24, 2.45) is 5.92 Å². The SMILES string of the molecule is CCCCN(Cc1ccccc1C(=O)OCC(C)C)C(=O)OCC. The molecular weight excluding hydrogens is 306 g/mol. The topological polar surface area (TPSA) is 55.8 Å². The normalized spacial score (nSPS) is 10.5. The summed E-state index contributed by atoms with van der Waals surface area (Å²) in [7, 11) is 0. The molecule has 0 bridgehead atoms. The first-order valence-corrected chi connectivity index (χ1v) is 8.66. The molecule has 1 aromatic carbocycles. The van der Waals surface area contributed by atoms with Crippen LogP contribution in [0.1, 0.15) is 56.5 Å². The van der Waals surface area contributed by atoms with E-state index in [9.17, 15) is 9.59 Å². The van der Waals surface area contributed by atoms with Crippen LogP contribution in [0.2, 0.25) is 0 Å². The van der Waals surface area contributed by atoms with E-state index in [0.717, 1.165) is 18.4 Å². The second-order valence-corrected chi connectivity index (χ2v) is 6.12. The van der Waals surface area contributed by atoms with Crippen LogP contribution in [0.4, 0.5) is 4.79 Å². The summed E-state index contributed by atoms with van der Waals surface area (Å²) in [5, 5.41) is 0. The van der Waals surface area contributed by atoms with E-state index in [-0.39, 0.29) is 18.0 Å². The molecule has 5 nitrogen and oxygen atoms in total. The number of amides is 1. The van der Waals surface area contributed by atoms with Gasteiger partial charge in [-0.2, -0.15) is 0 Å².